The van der Waals surface area contributed by atoms with E-state index in [2.05, 4.69) is 11.8 Å². The van der Waals surface area contributed by atoms with Crippen molar-refractivity contribution in [3.05, 3.63) is 0 Å². The third-order valence-corrected chi connectivity index (χ3v) is 1.42. The number of aliphatic carboxylic acids is 1. The van der Waals surface area contributed by atoms with Crippen LogP contribution in [0.1, 0.15) is 20.8 Å². The number of carbonyl (C=O) groups excluding carboxylic acids is 1. The molecule has 1 N–H and O–H groups in total. The van der Waals surface area contributed by atoms with Gasteiger partial charge in [0.1, 0.15) is 6.54 Å². The summed E-state index contributed by atoms with van der Waals surface area (Å²) in [5, 5.41) is 8.51. The molecule has 0 aromatic heterocycles. The third kappa shape index (κ3) is 4.16. The molecule has 0 bridgehead atoms. The number of carboxylic acid groups (broad SMARTS) is 1. The molecule has 0 rings (SSSR count). The number of hydrogen-bond acceptors (Lipinski definition) is 2. The van der Waals surface area contributed by atoms with Crippen LogP contribution < -0.4 is 0 Å². The van der Waals surface area contributed by atoms with Gasteiger partial charge in [0.15, 0.2) is 0 Å². The van der Waals surface area contributed by atoms with Crippen molar-refractivity contribution in [3.8, 4) is 11.8 Å². The van der Waals surface area contributed by atoms with Gasteiger partial charge in [-0.25, -0.2) is 0 Å². The highest BCUT2D eigenvalue weighted by atomic mass is 16.4. The van der Waals surface area contributed by atoms with Crippen molar-refractivity contribution in [1.29, 1.82) is 0 Å². The van der Waals surface area contributed by atoms with Gasteiger partial charge in [-0.15, -0.1) is 0 Å². The summed E-state index contributed by atoms with van der Waals surface area (Å²) < 4.78 is 0. The van der Waals surface area contributed by atoms with E-state index in [4.69, 9.17) is 5.11 Å². The molecular formula is C9H13NO3. The van der Waals surface area contributed by atoms with Crippen LogP contribution in [-0.4, -0.2) is 34.5 Å². The molecule has 0 aromatic carbocycles. The monoisotopic (exact) mass is 183 g/mol. The normalized spacial score (nSPS) is 8.92. The summed E-state index contributed by atoms with van der Waals surface area (Å²) in [6.45, 7) is 4.73. The number of nitrogens with zero attached hydrogens (tertiary/aromatic N) is 1. The Morgan fingerprint density at radius 3 is 2.31 bits per heavy atom. The second-order valence-electron chi connectivity index (χ2n) is 2.80. The quantitative estimate of drug-likeness (QED) is 0.641. The fraction of sp³-hybridized carbons (Fsp3) is 0.556. The van der Waals surface area contributed by atoms with Gasteiger partial charge in [0.25, 0.3) is 5.91 Å². The average Bonchev–Trinajstić information content (AvgIpc) is 1.99. The summed E-state index contributed by atoms with van der Waals surface area (Å²) >= 11 is 0. The summed E-state index contributed by atoms with van der Waals surface area (Å²) in [7, 11) is 0. The predicted molar refractivity (Wildman–Crippen MR) is 47.9 cm³/mol. The lowest BCUT2D eigenvalue weighted by molar-refractivity contribution is -0.143. The van der Waals surface area contributed by atoms with Crippen LogP contribution in [0.25, 0.3) is 0 Å². The molecule has 0 radical (unpaired) electrons. The van der Waals surface area contributed by atoms with Crippen LogP contribution in [0.2, 0.25) is 0 Å². The van der Waals surface area contributed by atoms with Crippen LogP contribution in [0, 0.1) is 11.8 Å². The van der Waals surface area contributed by atoms with Gasteiger partial charge >= 0.3 is 5.97 Å². The van der Waals surface area contributed by atoms with E-state index in [9.17, 15) is 9.59 Å². The number of amides is 1. The van der Waals surface area contributed by atoms with Gasteiger partial charge in [-0.3, -0.25) is 9.59 Å². The minimum atomic E-state index is -1.03. The van der Waals surface area contributed by atoms with Crippen LogP contribution in [0.3, 0.4) is 0 Å². The molecule has 0 aliphatic carbocycles. The molecule has 0 spiro atoms. The van der Waals surface area contributed by atoms with Crippen LogP contribution >= 0.6 is 0 Å². The zero-order valence-corrected chi connectivity index (χ0v) is 8.00. The summed E-state index contributed by atoms with van der Waals surface area (Å²) in [6, 6.07) is -0.149. The van der Waals surface area contributed by atoms with E-state index in [0.717, 1.165) is 0 Å². The molecule has 72 valence electrons. The Kier molecular flexibility index (Phi) is 4.60. The Morgan fingerprint density at radius 2 is 2.00 bits per heavy atom. The number of rotatable bonds is 3. The second-order valence-corrected chi connectivity index (χ2v) is 2.80. The maximum Gasteiger partial charge on any atom is 0.323 e. The topological polar surface area (TPSA) is 57.6 Å². The Labute approximate surface area is 77.5 Å². The Balaban J connectivity index is 4.48. The van der Waals surface area contributed by atoms with Crippen LogP contribution in [-0.2, 0) is 9.59 Å². The molecule has 0 aliphatic rings. The van der Waals surface area contributed by atoms with Crippen LogP contribution in [0.15, 0.2) is 0 Å². The third-order valence-electron chi connectivity index (χ3n) is 1.42. The lowest BCUT2D eigenvalue weighted by Gasteiger charge is -2.21. The van der Waals surface area contributed by atoms with E-state index in [-0.39, 0.29) is 12.6 Å². The molecule has 13 heavy (non-hydrogen) atoms. The highest BCUT2D eigenvalue weighted by Gasteiger charge is 2.17. The van der Waals surface area contributed by atoms with Crippen molar-refractivity contribution in [3.63, 3.8) is 0 Å². The molecule has 0 atom stereocenters. The average molecular weight is 183 g/mol. The molecule has 0 fully saturated rings. The first-order valence-electron chi connectivity index (χ1n) is 3.94. The van der Waals surface area contributed by atoms with E-state index in [1.165, 1.54) is 11.8 Å². The van der Waals surface area contributed by atoms with Crippen molar-refractivity contribution in [2.24, 2.45) is 0 Å². The van der Waals surface area contributed by atoms with Crippen LogP contribution in [0.5, 0.6) is 0 Å². The SMILES string of the molecule is CC#CC(=O)N(CC(=O)O)C(C)C. The fourth-order valence-electron chi connectivity index (χ4n) is 0.813. The van der Waals surface area contributed by atoms with Crippen molar-refractivity contribution in [2.45, 2.75) is 26.8 Å². The van der Waals surface area contributed by atoms with Gasteiger partial charge in [-0.1, -0.05) is 5.92 Å². The molecule has 0 heterocycles. The van der Waals surface area contributed by atoms with E-state index in [1.54, 1.807) is 13.8 Å². The highest BCUT2D eigenvalue weighted by Crippen LogP contribution is 1.97. The van der Waals surface area contributed by atoms with Gasteiger partial charge in [0.05, 0.1) is 0 Å². The minimum Gasteiger partial charge on any atom is -0.480 e. The van der Waals surface area contributed by atoms with Gasteiger partial charge in [-0.05, 0) is 26.7 Å². The van der Waals surface area contributed by atoms with Crippen molar-refractivity contribution in [1.82, 2.24) is 4.90 Å². The molecular weight excluding hydrogens is 170 g/mol. The molecule has 0 aliphatic heterocycles. The van der Waals surface area contributed by atoms with Crippen LogP contribution in [0.4, 0.5) is 0 Å². The fourth-order valence-corrected chi connectivity index (χ4v) is 0.813. The first kappa shape index (κ1) is 11.5. The minimum absolute atomic E-state index is 0.149. The summed E-state index contributed by atoms with van der Waals surface area (Å²) in [5.41, 5.74) is 0. The molecule has 4 heteroatoms. The van der Waals surface area contributed by atoms with E-state index >= 15 is 0 Å². The zero-order valence-electron chi connectivity index (χ0n) is 8.00. The van der Waals surface area contributed by atoms with Crippen molar-refractivity contribution < 1.29 is 14.7 Å². The van der Waals surface area contributed by atoms with Gasteiger partial charge in [-0.2, -0.15) is 0 Å². The number of carboxylic acids is 1. The highest BCUT2D eigenvalue weighted by molar-refractivity contribution is 5.95. The lowest BCUT2D eigenvalue weighted by Crippen LogP contribution is -2.39. The maximum absolute atomic E-state index is 11.2. The Morgan fingerprint density at radius 1 is 1.46 bits per heavy atom. The molecule has 0 aromatic rings. The molecule has 0 saturated carbocycles. The van der Waals surface area contributed by atoms with Crippen molar-refractivity contribution >= 4 is 11.9 Å². The van der Waals surface area contributed by atoms with E-state index in [0.29, 0.717) is 0 Å². The first-order valence-corrected chi connectivity index (χ1v) is 3.94. The van der Waals surface area contributed by atoms with Gasteiger partial charge < -0.3 is 10.0 Å². The van der Waals surface area contributed by atoms with E-state index in [1.807, 2.05) is 0 Å². The van der Waals surface area contributed by atoms with E-state index < -0.39 is 11.9 Å². The molecule has 0 saturated heterocycles. The Bertz CT molecular complexity index is 260. The summed E-state index contributed by atoms with van der Waals surface area (Å²) in [6.07, 6.45) is 0. The Hall–Kier alpha value is -1.50. The van der Waals surface area contributed by atoms with Gasteiger partial charge in [0, 0.05) is 6.04 Å². The van der Waals surface area contributed by atoms with Gasteiger partial charge in [0.2, 0.25) is 0 Å². The standard InChI is InChI=1S/C9H13NO3/c1-4-5-8(11)10(7(2)3)6-9(12)13/h7H,6H2,1-3H3,(H,12,13). The largest absolute Gasteiger partial charge is 0.480 e. The maximum atomic E-state index is 11.2. The first-order chi connectivity index (χ1) is 5.99. The summed E-state index contributed by atoms with van der Waals surface area (Å²) in [5.74, 6) is 3.28. The smallest absolute Gasteiger partial charge is 0.323 e. The lowest BCUT2D eigenvalue weighted by atomic mass is 10.3. The number of carbonyl (C=O) groups is 2. The predicted octanol–water partition coefficient (Wildman–Crippen LogP) is 0.331. The second kappa shape index (κ2) is 5.20. The zero-order chi connectivity index (χ0) is 10.4. The molecule has 4 nitrogen and oxygen atoms in total. The molecule has 1 amide bonds. The van der Waals surface area contributed by atoms with Crippen molar-refractivity contribution in [2.75, 3.05) is 6.54 Å². The molecule has 0 unspecified atom stereocenters. The number of hydrogen-bond donors (Lipinski definition) is 1. The summed E-state index contributed by atoms with van der Waals surface area (Å²) in [4.78, 5) is 22.8.